The smallest absolute Gasteiger partial charge is 0.0577 e. The number of aliphatic hydroxyl groups is 1. The number of piperidine rings is 1. The Balaban J connectivity index is 1.66. The zero-order valence-corrected chi connectivity index (χ0v) is 13.7. The third-order valence-electron chi connectivity index (χ3n) is 7.69. The minimum absolute atomic E-state index is 0.0777. The minimum atomic E-state index is -0.0777. The van der Waals surface area contributed by atoms with Crippen molar-refractivity contribution in [3.05, 3.63) is 11.6 Å². The van der Waals surface area contributed by atoms with E-state index in [4.69, 9.17) is 0 Å². The van der Waals surface area contributed by atoms with Gasteiger partial charge in [0, 0.05) is 5.54 Å². The van der Waals surface area contributed by atoms with Crippen molar-refractivity contribution in [1.29, 1.82) is 0 Å². The number of rotatable bonds is 0. The maximum Gasteiger partial charge on any atom is 0.0577 e. The fraction of sp³-hybridized carbons (Fsp3) is 0.895. The zero-order chi connectivity index (χ0) is 14.7. The predicted octanol–water partition coefficient (Wildman–Crippen LogP) is 3.65. The molecule has 118 valence electrons. The fourth-order valence-corrected chi connectivity index (χ4v) is 6.41. The largest absolute Gasteiger partial charge is 0.393 e. The number of aliphatic hydroxyl groups excluding tert-OH is 1. The van der Waals surface area contributed by atoms with Crippen LogP contribution < -0.4 is 5.32 Å². The molecule has 21 heavy (non-hydrogen) atoms. The minimum Gasteiger partial charge on any atom is -0.393 e. The number of nitrogens with one attached hydrogen (secondary N) is 1. The lowest BCUT2D eigenvalue weighted by Gasteiger charge is -2.60. The second kappa shape index (κ2) is 4.83. The molecule has 2 heteroatoms. The molecule has 0 aromatic carbocycles. The molecular formula is C19H31NO. The molecule has 2 N–H and O–H groups in total. The average Bonchev–Trinajstić information content (AvgIpc) is 2.47. The second-order valence-electron chi connectivity index (χ2n) is 8.68. The van der Waals surface area contributed by atoms with E-state index in [1.807, 2.05) is 0 Å². The predicted molar refractivity (Wildman–Crippen MR) is 86.0 cm³/mol. The molecule has 0 unspecified atom stereocenters. The summed E-state index contributed by atoms with van der Waals surface area (Å²) in [6.07, 6.45) is 12.4. The molecule has 0 radical (unpaired) electrons. The van der Waals surface area contributed by atoms with Gasteiger partial charge in [-0.15, -0.1) is 0 Å². The molecule has 3 fully saturated rings. The maximum absolute atomic E-state index is 10.0. The third kappa shape index (κ3) is 2.05. The van der Waals surface area contributed by atoms with Crippen LogP contribution in [0.1, 0.15) is 65.2 Å². The van der Waals surface area contributed by atoms with Crippen LogP contribution in [-0.4, -0.2) is 23.3 Å². The Labute approximate surface area is 129 Å². The monoisotopic (exact) mass is 289 g/mol. The second-order valence-corrected chi connectivity index (χ2v) is 8.68. The summed E-state index contributed by atoms with van der Waals surface area (Å²) in [6.45, 7) is 6.22. The molecular weight excluding hydrogens is 258 g/mol. The molecule has 0 amide bonds. The molecule has 0 bridgehead atoms. The number of hydrogen-bond acceptors (Lipinski definition) is 2. The first-order chi connectivity index (χ1) is 10.0. The van der Waals surface area contributed by atoms with Crippen molar-refractivity contribution in [3.8, 4) is 0 Å². The van der Waals surface area contributed by atoms with E-state index in [1.54, 1.807) is 5.57 Å². The van der Waals surface area contributed by atoms with Gasteiger partial charge in [-0.2, -0.15) is 0 Å². The molecule has 2 nitrogen and oxygen atoms in total. The topological polar surface area (TPSA) is 32.3 Å². The van der Waals surface area contributed by atoms with E-state index in [9.17, 15) is 5.11 Å². The molecule has 3 aliphatic carbocycles. The first kappa shape index (κ1) is 14.3. The molecule has 0 spiro atoms. The van der Waals surface area contributed by atoms with E-state index in [-0.39, 0.29) is 6.10 Å². The number of allylic oxidation sites excluding steroid dienone is 1. The van der Waals surface area contributed by atoms with Gasteiger partial charge in [-0.1, -0.05) is 18.6 Å². The van der Waals surface area contributed by atoms with Crippen LogP contribution in [0.3, 0.4) is 0 Å². The van der Waals surface area contributed by atoms with Crippen molar-refractivity contribution in [2.24, 2.45) is 23.2 Å². The van der Waals surface area contributed by atoms with Gasteiger partial charge in [0.15, 0.2) is 0 Å². The Morgan fingerprint density at radius 1 is 1.14 bits per heavy atom. The quantitative estimate of drug-likeness (QED) is 0.667. The molecule has 0 aromatic heterocycles. The SMILES string of the molecule is C[C@@]12CC[C@H]3[C@@H](CC=C4C[C@H](O)CC[C@]43C)[C@H]1CCCN2. The van der Waals surface area contributed by atoms with E-state index < -0.39 is 0 Å². The molecule has 1 saturated heterocycles. The summed E-state index contributed by atoms with van der Waals surface area (Å²) in [5.41, 5.74) is 2.38. The first-order valence-corrected chi connectivity index (χ1v) is 9.15. The molecule has 4 aliphatic rings. The van der Waals surface area contributed by atoms with Gasteiger partial charge >= 0.3 is 0 Å². The van der Waals surface area contributed by atoms with Crippen LogP contribution in [0.4, 0.5) is 0 Å². The Kier molecular flexibility index (Phi) is 3.28. The lowest BCUT2D eigenvalue weighted by Crippen LogP contribution is -2.61. The van der Waals surface area contributed by atoms with Gasteiger partial charge in [-0.3, -0.25) is 0 Å². The summed E-state index contributed by atoms with van der Waals surface area (Å²) >= 11 is 0. The van der Waals surface area contributed by atoms with E-state index in [1.165, 1.54) is 45.1 Å². The number of fused-ring (bicyclic) bond motifs is 5. The molecule has 4 rings (SSSR count). The normalized spacial score (nSPS) is 53.2. The fourth-order valence-electron chi connectivity index (χ4n) is 6.41. The van der Waals surface area contributed by atoms with Crippen molar-refractivity contribution in [2.75, 3.05) is 6.54 Å². The van der Waals surface area contributed by atoms with E-state index in [0.29, 0.717) is 11.0 Å². The van der Waals surface area contributed by atoms with Gasteiger partial charge < -0.3 is 10.4 Å². The summed E-state index contributed by atoms with van der Waals surface area (Å²) in [5, 5.41) is 13.9. The van der Waals surface area contributed by atoms with Crippen LogP contribution in [-0.2, 0) is 0 Å². The molecule has 1 heterocycles. The van der Waals surface area contributed by atoms with Crippen LogP contribution >= 0.6 is 0 Å². The highest BCUT2D eigenvalue weighted by Crippen LogP contribution is 2.60. The summed E-state index contributed by atoms with van der Waals surface area (Å²) in [6, 6.07) is 0. The summed E-state index contributed by atoms with van der Waals surface area (Å²) in [7, 11) is 0. The molecule has 1 aliphatic heterocycles. The van der Waals surface area contributed by atoms with E-state index >= 15 is 0 Å². The van der Waals surface area contributed by atoms with E-state index in [2.05, 4.69) is 25.2 Å². The number of hydrogen-bond donors (Lipinski definition) is 2. The van der Waals surface area contributed by atoms with Gasteiger partial charge in [0.2, 0.25) is 0 Å². The van der Waals surface area contributed by atoms with E-state index in [0.717, 1.165) is 30.6 Å². The van der Waals surface area contributed by atoms with Gasteiger partial charge in [-0.25, -0.2) is 0 Å². The van der Waals surface area contributed by atoms with Crippen LogP contribution in [0, 0.1) is 23.2 Å². The highest BCUT2D eigenvalue weighted by atomic mass is 16.3. The van der Waals surface area contributed by atoms with Crippen molar-refractivity contribution >= 4 is 0 Å². The highest BCUT2D eigenvalue weighted by molar-refractivity contribution is 5.25. The summed E-state index contributed by atoms with van der Waals surface area (Å²) in [4.78, 5) is 0. The van der Waals surface area contributed by atoms with Gasteiger partial charge in [0.05, 0.1) is 6.10 Å². The Morgan fingerprint density at radius 3 is 2.86 bits per heavy atom. The molecule has 2 saturated carbocycles. The van der Waals surface area contributed by atoms with Crippen molar-refractivity contribution in [1.82, 2.24) is 5.32 Å². The van der Waals surface area contributed by atoms with Gasteiger partial charge in [0.1, 0.15) is 0 Å². The Bertz CT molecular complexity index is 458. The lowest BCUT2D eigenvalue weighted by atomic mass is 9.48. The van der Waals surface area contributed by atoms with Crippen molar-refractivity contribution in [3.63, 3.8) is 0 Å². The van der Waals surface area contributed by atoms with Gasteiger partial charge in [0.25, 0.3) is 0 Å². The first-order valence-electron chi connectivity index (χ1n) is 9.15. The van der Waals surface area contributed by atoms with Crippen LogP contribution in [0.2, 0.25) is 0 Å². The van der Waals surface area contributed by atoms with Crippen molar-refractivity contribution in [2.45, 2.75) is 76.9 Å². The van der Waals surface area contributed by atoms with Gasteiger partial charge in [-0.05, 0) is 88.0 Å². The average molecular weight is 289 g/mol. The Hall–Kier alpha value is -0.340. The van der Waals surface area contributed by atoms with Crippen molar-refractivity contribution < 1.29 is 5.11 Å². The summed E-state index contributed by atoms with van der Waals surface area (Å²) < 4.78 is 0. The van der Waals surface area contributed by atoms with Crippen LogP contribution in [0.5, 0.6) is 0 Å². The third-order valence-corrected chi connectivity index (χ3v) is 7.69. The Morgan fingerprint density at radius 2 is 2.00 bits per heavy atom. The maximum atomic E-state index is 10.0. The molecule has 6 atom stereocenters. The summed E-state index contributed by atoms with van der Waals surface area (Å²) in [5.74, 6) is 2.61. The lowest BCUT2D eigenvalue weighted by molar-refractivity contribution is -0.0423. The van der Waals surface area contributed by atoms with Crippen LogP contribution in [0.25, 0.3) is 0 Å². The standard InChI is InChI=1S/C19H31NO/c1-18-9-7-14(21)12-13(18)5-6-15-16(18)8-10-19(2)17(15)4-3-11-20-19/h5,14-17,20-21H,3-4,6-12H2,1-2H3/t14-,15-,16+,17-,18-,19-/m1/s1. The zero-order valence-electron chi connectivity index (χ0n) is 13.7. The highest BCUT2D eigenvalue weighted by Gasteiger charge is 2.54. The van der Waals surface area contributed by atoms with Crippen LogP contribution in [0.15, 0.2) is 11.6 Å². The molecule has 0 aromatic rings.